The number of carbonyl (C=O) groups is 4. The molecule has 3 N–H and O–H groups in total. The number of hydrogen-bond donors (Lipinski definition) is 3. The van der Waals surface area contributed by atoms with Crippen molar-refractivity contribution in [3.63, 3.8) is 0 Å². The second kappa shape index (κ2) is 73.4. The largest absolute Gasteiger partial charge is 0.472 e. The van der Waals surface area contributed by atoms with E-state index < -0.39 is 97.5 Å². The summed E-state index contributed by atoms with van der Waals surface area (Å²) in [7, 11) is -9.93. The van der Waals surface area contributed by atoms with Gasteiger partial charge in [-0.1, -0.05) is 354 Å². The number of phosphoric acid groups is 2. The summed E-state index contributed by atoms with van der Waals surface area (Å²) in [6, 6.07) is 0. The molecule has 0 fully saturated rings. The zero-order valence-electron chi connectivity index (χ0n) is 64.8. The highest BCUT2D eigenvalue weighted by Crippen LogP contribution is 2.45. The number of aliphatic hydroxyl groups is 1. The highest BCUT2D eigenvalue weighted by atomic mass is 31.2. The maximum Gasteiger partial charge on any atom is 0.472 e. The third-order valence-electron chi connectivity index (χ3n) is 18.4. The van der Waals surface area contributed by atoms with E-state index in [0.29, 0.717) is 25.7 Å². The van der Waals surface area contributed by atoms with Crippen LogP contribution in [0.2, 0.25) is 0 Å². The van der Waals surface area contributed by atoms with Crippen LogP contribution in [0.4, 0.5) is 0 Å². The number of rotatable bonds is 79. The maximum absolute atomic E-state index is 13.1. The van der Waals surface area contributed by atoms with Gasteiger partial charge in [-0.25, -0.2) is 9.13 Å². The molecule has 0 aromatic rings. The number of hydrogen-bond acceptors (Lipinski definition) is 15. The molecule has 0 rings (SSSR count). The van der Waals surface area contributed by atoms with E-state index in [2.05, 4.69) is 58.9 Å². The summed E-state index contributed by atoms with van der Waals surface area (Å²) in [6.07, 6.45) is 67.5. The van der Waals surface area contributed by atoms with Gasteiger partial charge in [0.2, 0.25) is 0 Å². The van der Waals surface area contributed by atoms with Crippen LogP contribution in [0.3, 0.4) is 0 Å². The highest BCUT2D eigenvalue weighted by molar-refractivity contribution is 7.47. The molecule has 17 nitrogen and oxygen atoms in total. The summed E-state index contributed by atoms with van der Waals surface area (Å²) in [4.78, 5) is 73.0. The van der Waals surface area contributed by atoms with Gasteiger partial charge in [0.25, 0.3) is 0 Å². The van der Waals surface area contributed by atoms with Crippen LogP contribution in [0.5, 0.6) is 0 Å². The summed E-state index contributed by atoms with van der Waals surface area (Å²) in [5.74, 6) is -1.41. The Morgan fingerprint density at radius 2 is 0.540 bits per heavy atom. The monoisotopic (exact) mass is 1460 g/mol. The second-order valence-electron chi connectivity index (χ2n) is 29.0. The number of aliphatic hydroxyl groups excluding tert-OH is 1. The Bertz CT molecular complexity index is 2000. The second-order valence-corrected chi connectivity index (χ2v) is 31.9. The lowest BCUT2D eigenvalue weighted by atomic mass is 10.0. The van der Waals surface area contributed by atoms with Crippen LogP contribution in [0, 0.1) is 5.92 Å². The summed E-state index contributed by atoms with van der Waals surface area (Å²) in [5, 5.41) is 10.6. The third-order valence-corrected chi connectivity index (χ3v) is 20.3. The van der Waals surface area contributed by atoms with Crippen molar-refractivity contribution in [3.8, 4) is 0 Å². The van der Waals surface area contributed by atoms with Crippen molar-refractivity contribution >= 4 is 39.5 Å². The van der Waals surface area contributed by atoms with Gasteiger partial charge in [0.05, 0.1) is 26.4 Å². The van der Waals surface area contributed by atoms with Crippen molar-refractivity contribution in [2.45, 2.75) is 425 Å². The van der Waals surface area contributed by atoms with Gasteiger partial charge in [0.15, 0.2) is 12.2 Å². The quantitative estimate of drug-likeness (QED) is 0.0169. The van der Waals surface area contributed by atoms with E-state index >= 15 is 0 Å². The SMILES string of the molecule is CCCCCC/C=C\C=C/CCCCCCCC(=O)OC[C@H](COP(=O)(O)OC[C@@H](O)COP(=O)(O)OC[C@@H](COC(=O)CCCCCCCCCCC(C)C)OC(=O)CCCCCCCCCCCCCCC)OC(=O)CCCCCCCCCCCCCCCCCCCCCCC. The fraction of sp³-hybridized carbons (Fsp3) is 0.901. The zero-order valence-corrected chi connectivity index (χ0v) is 66.6. The summed E-state index contributed by atoms with van der Waals surface area (Å²) in [6.45, 7) is 7.22. The molecule has 0 aromatic carbocycles. The molecule has 0 aliphatic rings. The first-order chi connectivity index (χ1) is 48.5. The van der Waals surface area contributed by atoms with Crippen molar-refractivity contribution < 1.29 is 80.2 Å². The van der Waals surface area contributed by atoms with Crippen LogP contribution in [-0.4, -0.2) is 96.7 Å². The van der Waals surface area contributed by atoms with E-state index in [9.17, 15) is 43.2 Å². The molecule has 0 aromatic heterocycles. The lowest BCUT2D eigenvalue weighted by Crippen LogP contribution is -2.30. The first-order valence-electron chi connectivity index (χ1n) is 41.5. The summed E-state index contributed by atoms with van der Waals surface area (Å²) < 4.78 is 68.6. The van der Waals surface area contributed by atoms with E-state index in [1.54, 1.807) is 0 Å². The molecule has 5 atom stereocenters. The Balaban J connectivity index is 5.25. The lowest BCUT2D eigenvalue weighted by Gasteiger charge is -2.21. The van der Waals surface area contributed by atoms with E-state index in [-0.39, 0.29) is 25.7 Å². The van der Waals surface area contributed by atoms with Crippen molar-refractivity contribution in [2.75, 3.05) is 39.6 Å². The molecule has 0 radical (unpaired) electrons. The number of phosphoric ester groups is 2. The Kier molecular flexibility index (Phi) is 71.6. The molecular weight excluding hydrogens is 1310 g/mol. The molecule has 0 saturated heterocycles. The average molecular weight is 1460 g/mol. The molecule has 0 heterocycles. The van der Waals surface area contributed by atoms with Crippen LogP contribution < -0.4 is 0 Å². The molecule has 100 heavy (non-hydrogen) atoms. The van der Waals surface area contributed by atoms with Crippen molar-refractivity contribution in [1.29, 1.82) is 0 Å². The molecule has 0 aliphatic heterocycles. The third kappa shape index (κ3) is 73.8. The number of carbonyl (C=O) groups excluding carboxylic acids is 4. The molecule has 0 amide bonds. The fourth-order valence-electron chi connectivity index (χ4n) is 12.0. The Labute approximate surface area is 612 Å². The van der Waals surface area contributed by atoms with Crippen molar-refractivity contribution in [2.24, 2.45) is 5.92 Å². The van der Waals surface area contributed by atoms with Crippen LogP contribution in [0.25, 0.3) is 0 Å². The lowest BCUT2D eigenvalue weighted by molar-refractivity contribution is -0.161. The van der Waals surface area contributed by atoms with Gasteiger partial charge < -0.3 is 33.8 Å². The van der Waals surface area contributed by atoms with E-state index in [4.69, 9.17) is 37.0 Å². The summed E-state index contributed by atoms with van der Waals surface area (Å²) in [5.41, 5.74) is 0. The molecule has 2 unspecified atom stereocenters. The van der Waals surface area contributed by atoms with E-state index in [1.165, 1.54) is 212 Å². The first-order valence-corrected chi connectivity index (χ1v) is 44.4. The van der Waals surface area contributed by atoms with E-state index in [0.717, 1.165) is 115 Å². The van der Waals surface area contributed by atoms with Gasteiger partial charge >= 0.3 is 39.5 Å². The zero-order chi connectivity index (χ0) is 73.4. The molecular formula is C81H154O17P2. The van der Waals surface area contributed by atoms with Gasteiger partial charge in [-0.2, -0.15) is 0 Å². The number of allylic oxidation sites excluding steroid dienone is 4. The van der Waals surface area contributed by atoms with Gasteiger partial charge in [-0.15, -0.1) is 0 Å². The van der Waals surface area contributed by atoms with Crippen molar-refractivity contribution in [1.82, 2.24) is 0 Å². The van der Waals surface area contributed by atoms with Gasteiger partial charge in [0, 0.05) is 25.7 Å². The van der Waals surface area contributed by atoms with Gasteiger partial charge in [-0.3, -0.25) is 37.3 Å². The Morgan fingerprint density at radius 1 is 0.310 bits per heavy atom. The maximum atomic E-state index is 13.1. The first kappa shape index (κ1) is 97.5. The smallest absolute Gasteiger partial charge is 0.462 e. The molecule has 590 valence electrons. The molecule has 0 saturated carbocycles. The molecule has 0 spiro atoms. The Morgan fingerprint density at radius 3 is 0.820 bits per heavy atom. The average Bonchev–Trinajstić information content (AvgIpc) is 0.949. The Hall–Kier alpha value is -2.46. The molecule has 19 heteroatoms. The molecule has 0 bridgehead atoms. The predicted molar refractivity (Wildman–Crippen MR) is 409 cm³/mol. The van der Waals surface area contributed by atoms with Crippen molar-refractivity contribution in [3.05, 3.63) is 24.3 Å². The number of ether oxygens (including phenoxy) is 4. The van der Waals surface area contributed by atoms with E-state index in [1.807, 2.05) is 0 Å². The van der Waals surface area contributed by atoms with Crippen LogP contribution in [0.1, 0.15) is 407 Å². The standard InChI is InChI=1S/C81H154O17P2/c1-6-9-12-15-18-21-24-27-29-30-31-32-33-34-36-39-42-45-52-57-62-67-81(86)97-76(70-91-78(83)64-59-54-49-43-40-38-35-28-25-22-19-16-13-10-7-2)72-95-99(87,88)93-68-75(82)69-94-100(89,90)96-73-77(71-92-79(84)65-60-55-50-47-46-48-53-58-63-74(4)5)98-80(85)66-61-56-51-44-41-37-26-23-20-17-14-11-8-3/h22,25,28,35,74-77,82H,6-21,23-24,26-27,29-34,36-73H2,1-5H3,(H,87,88)(H,89,90)/b25-22-,35-28-/t75-,76-,77-/m1/s1. The van der Waals surface area contributed by atoms with Crippen LogP contribution in [-0.2, 0) is 65.4 Å². The minimum Gasteiger partial charge on any atom is -0.462 e. The number of unbranched alkanes of at least 4 members (excludes halogenated alkanes) is 48. The van der Waals surface area contributed by atoms with Crippen LogP contribution >= 0.6 is 15.6 Å². The molecule has 0 aliphatic carbocycles. The topological polar surface area (TPSA) is 237 Å². The van der Waals surface area contributed by atoms with Gasteiger partial charge in [0.1, 0.15) is 19.3 Å². The minimum atomic E-state index is -4.97. The summed E-state index contributed by atoms with van der Waals surface area (Å²) >= 11 is 0. The van der Waals surface area contributed by atoms with Gasteiger partial charge in [-0.05, 0) is 57.3 Å². The van der Waals surface area contributed by atoms with Crippen LogP contribution in [0.15, 0.2) is 24.3 Å². The highest BCUT2D eigenvalue weighted by Gasteiger charge is 2.30. The predicted octanol–water partition coefficient (Wildman–Crippen LogP) is 24.0. The fourth-order valence-corrected chi connectivity index (χ4v) is 13.6. The number of esters is 4. The normalized spacial score (nSPS) is 14.0. The minimum absolute atomic E-state index is 0.102.